The number of rotatable bonds is 6. The van der Waals surface area contributed by atoms with Crippen molar-refractivity contribution < 1.29 is 4.74 Å². The lowest BCUT2D eigenvalue weighted by Crippen LogP contribution is -2.08. The van der Waals surface area contributed by atoms with E-state index >= 15 is 0 Å². The van der Waals surface area contributed by atoms with E-state index in [9.17, 15) is 0 Å². The predicted molar refractivity (Wildman–Crippen MR) is 54.2 cm³/mol. The molecule has 0 bridgehead atoms. The van der Waals surface area contributed by atoms with Crippen molar-refractivity contribution in [1.82, 2.24) is 0 Å². The van der Waals surface area contributed by atoms with Gasteiger partial charge in [-0.2, -0.15) is 0 Å². The van der Waals surface area contributed by atoms with Crippen LogP contribution in [-0.2, 0) is 4.74 Å². The van der Waals surface area contributed by atoms with Crippen molar-refractivity contribution >= 4 is 34.7 Å². The Morgan fingerprint density at radius 2 is 2.00 bits per heavy atom. The molecular weight excluding hydrogens is 172 g/mol. The van der Waals surface area contributed by atoms with Crippen LogP contribution in [0.25, 0.3) is 0 Å². The van der Waals surface area contributed by atoms with Crippen LogP contribution < -0.4 is 0 Å². The Morgan fingerprint density at radius 3 is 2.36 bits per heavy atom. The molecule has 1 unspecified atom stereocenters. The van der Waals surface area contributed by atoms with E-state index in [0.29, 0.717) is 6.10 Å². The summed E-state index contributed by atoms with van der Waals surface area (Å²) in [5, 5.41) is 0. The molecule has 0 saturated carbocycles. The van der Waals surface area contributed by atoms with E-state index in [2.05, 4.69) is 6.92 Å². The molecule has 0 aliphatic carbocycles. The fourth-order valence-electron chi connectivity index (χ4n) is 0.955. The van der Waals surface area contributed by atoms with E-state index in [1.807, 2.05) is 0 Å². The van der Waals surface area contributed by atoms with Gasteiger partial charge >= 0.3 is 23.1 Å². The maximum Gasteiger partial charge on any atom is 0.316 e. The first-order valence-corrected chi connectivity index (χ1v) is 4.47. The topological polar surface area (TPSA) is 9.23 Å². The minimum absolute atomic E-state index is 0. The number of hydrogen-bond donors (Lipinski definition) is 0. The number of ether oxygens (including phenoxy) is 1. The number of alkyl halides is 1. The lowest BCUT2D eigenvalue weighted by atomic mass is 10.1. The molecule has 0 amide bonds. The van der Waals surface area contributed by atoms with E-state index in [1.54, 1.807) is 7.11 Å². The van der Waals surface area contributed by atoms with Crippen LogP contribution in [0.1, 0.15) is 32.6 Å². The molecule has 0 N–H and O–H groups in total. The average Bonchev–Trinajstić information content (AvgIpc) is 1.99. The molecule has 1 atom stereocenters. The summed E-state index contributed by atoms with van der Waals surface area (Å²) < 4.78 is 5.20. The van der Waals surface area contributed by atoms with E-state index in [0.717, 1.165) is 25.1 Å². The average molecular weight is 191 g/mol. The molecule has 0 heterocycles. The van der Waals surface area contributed by atoms with Gasteiger partial charge in [0.1, 0.15) is 0 Å². The van der Waals surface area contributed by atoms with Gasteiger partial charge in [-0.3, -0.25) is 0 Å². The molecule has 3 heteroatoms. The molecule has 0 spiro atoms. The van der Waals surface area contributed by atoms with Crippen molar-refractivity contribution in [2.75, 3.05) is 13.0 Å². The Balaban J connectivity index is 0. The van der Waals surface area contributed by atoms with Crippen molar-refractivity contribution in [2.45, 2.75) is 38.7 Å². The lowest BCUT2D eigenvalue weighted by molar-refractivity contribution is 0.0903. The maximum atomic E-state index is 5.53. The van der Waals surface area contributed by atoms with Gasteiger partial charge in [-0.1, -0.05) is 6.92 Å². The van der Waals surface area contributed by atoms with Crippen LogP contribution in [-0.4, -0.2) is 42.1 Å². The Kier molecular flexibility index (Phi) is 14.6. The van der Waals surface area contributed by atoms with Crippen molar-refractivity contribution in [1.29, 1.82) is 0 Å². The first-order chi connectivity index (χ1) is 4.85. The van der Waals surface area contributed by atoms with Gasteiger partial charge in [0.25, 0.3) is 0 Å². The largest absolute Gasteiger partial charge is 0.381 e. The third kappa shape index (κ3) is 8.93. The van der Waals surface area contributed by atoms with E-state index < -0.39 is 0 Å². The maximum absolute atomic E-state index is 5.53. The SMILES string of the molecule is CCC(CCCCCl)OC.[MgH2]. The van der Waals surface area contributed by atoms with Gasteiger partial charge in [0.2, 0.25) is 0 Å². The molecular formula is C8H19ClMgO. The van der Waals surface area contributed by atoms with Gasteiger partial charge < -0.3 is 4.74 Å². The van der Waals surface area contributed by atoms with Crippen molar-refractivity contribution in [3.8, 4) is 0 Å². The quantitative estimate of drug-likeness (QED) is 0.354. The number of hydrogen-bond acceptors (Lipinski definition) is 1. The molecule has 0 fully saturated rings. The van der Waals surface area contributed by atoms with Crippen LogP contribution in [0.4, 0.5) is 0 Å². The summed E-state index contributed by atoms with van der Waals surface area (Å²) in [6.45, 7) is 2.15. The third-order valence-corrected chi connectivity index (χ3v) is 1.97. The Bertz CT molecular complexity index is 67.1. The van der Waals surface area contributed by atoms with Crippen LogP contribution in [0.15, 0.2) is 0 Å². The molecule has 0 aromatic rings. The monoisotopic (exact) mass is 190 g/mol. The highest BCUT2D eigenvalue weighted by molar-refractivity contribution is 6.17. The second-order valence-corrected chi connectivity index (χ2v) is 2.83. The Labute approximate surface area is 91.0 Å². The zero-order valence-electron chi connectivity index (χ0n) is 6.90. The molecule has 0 aromatic heterocycles. The first-order valence-electron chi connectivity index (χ1n) is 3.93. The van der Waals surface area contributed by atoms with Gasteiger partial charge in [-0.15, -0.1) is 11.6 Å². The minimum Gasteiger partial charge on any atom is -0.381 e. The summed E-state index contributed by atoms with van der Waals surface area (Å²) in [7, 11) is 1.77. The molecule has 11 heavy (non-hydrogen) atoms. The highest BCUT2D eigenvalue weighted by Gasteiger charge is 2.01. The summed E-state index contributed by atoms with van der Waals surface area (Å²) in [6.07, 6.45) is 5.01. The fraction of sp³-hybridized carbons (Fsp3) is 1.00. The van der Waals surface area contributed by atoms with Crippen LogP contribution in [0.2, 0.25) is 0 Å². The third-order valence-electron chi connectivity index (χ3n) is 1.70. The normalized spacial score (nSPS) is 12.3. The van der Waals surface area contributed by atoms with Gasteiger partial charge in [0.15, 0.2) is 0 Å². The highest BCUT2D eigenvalue weighted by atomic mass is 35.5. The zero-order valence-corrected chi connectivity index (χ0v) is 7.66. The van der Waals surface area contributed by atoms with E-state index in [1.165, 1.54) is 6.42 Å². The predicted octanol–water partition coefficient (Wildman–Crippen LogP) is 1.90. The highest BCUT2D eigenvalue weighted by Crippen LogP contribution is 2.07. The molecule has 0 saturated heterocycles. The smallest absolute Gasteiger partial charge is 0.316 e. The van der Waals surface area contributed by atoms with Crippen LogP contribution >= 0.6 is 11.6 Å². The summed E-state index contributed by atoms with van der Waals surface area (Å²) in [6, 6.07) is 0. The molecule has 0 aliphatic rings. The molecule has 0 aromatic carbocycles. The molecule has 0 rings (SSSR count). The fourth-order valence-corrected chi connectivity index (χ4v) is 1.14. The molecule has 0 radical (unpaired) electrons. The molecule has 66 valence electrons. The van der Waals surface area contributed by atoms with Crippen LogP contribution in [0, 0.1) is 0 Å². The summed E-state index contributed by atoms with van der Waals surface area (Å²) in [5.74, 6) is 0.778. The Hall–Kier alpha value is 1.02. The lowest BCUT2D eigenvalue weighted by Gasteiger charge is -2.11. The van der Waals surface area contributed by atoms with Gasteiger partial charge in [0, 0.05) is 13.0 Å². The number of methoxy groups -OCH3 is 1. The van der Waals surface area contributed by atoms with Crippen molar-refractivity contribution in [3.63, 3.8) is 0 Å². The van der Waals surface area contributed by atoms with Crippen LogP contribution in [0.3, 0.4) is 0 Å². The van der Waals surface area contributed by atoms with Crippen molar-refractivity contribution in [3.05, 3.63) is 0 Å². The van der Waals surface area contributed by atoms with Gasteiger partial charge in [0.05, 0.1) is 6.10 Å². The molecule has 0 aliphatic heterocycles. The second-order valence-electron chi connectivity index (χ2n) is 2.45. The number of halogens is 1. The van der Waals surface area contributed by atoms with E-state index in [-0.39, 0.29) is 23.1 Å². The van der Waals surface area contributed by atoms with Crippen LogP contribution in [0.5, 0.6) is 0 Å². The van der Waals surface area contributed by atoms with Gasteiger partial charge in [-0.05, 0) is 25.7 Å². The van der Waals surface area contributed by atoms with Crippen molar-refractivity contribution in [2.24, 2.45) is 0 Å². The van der Waals surface area contributed by atoms with Gasteiger partial charge in [-0.25, -0.2) is 0 Å². The minimum atomic E-state index is 0. The number of unbranched alkanes of at least 4 members (excludes halogenated alkanes) is 1. The second kappa shape index (κ2) is 11.0. The zero-order chi connectivity index (χ0) is 7.82. The van der Waals surface area contributed by atoms with E-state index in [4.69, 9.17) is 16.3 Å². The summed E-state index contributed by atoms with van der Waals surface area (Å²) in [4.78, 5) is 0. The summed E-state index contributed by atoms with van der Waals surface area (Å²) >= 11 is 5.53. The summed E-state index contributed by atoms with van der Waals surface area (Å²) in [5.41, 5.74) is 0. The molecule has 1 nitrogen and oxygen atoms in total. The standard InChI is InChI=1S/C8H17ClO.Mg.2H/c1-3-8(10-2)6-4-5-7-9;;;/h8H,3-7H2,1-2H3;;;. The Morgan fingerprint density at radius 1 is 1.36 bits per heavy atom. The first kappa shape index (κ1) is 14.5.